The van der Waals surface area contributed by atoms with E-state index in [1.165, 1.54) is 0 Å². The molecule has 2 atom stereocenters. The maximum Gasteiger partial charge on any atom is 0.228 e. The van der Waals surface area contributed by atoms with Crippen molar-refractivity contribution < 1.29 is 9.59 Å². The van der Waals surface area contributed by atoms with Gasteiger partial charge in [0.2, 0.25) is 11.8 Å². The highest BCUT2D eigenvalue weighted by Crippen LogP contribution is 2.19. The van der Waals surface area contributed by atoms with Gasteiger partial charge in [0.25, 0.3) is 0 Å². The van der Waals surface area contributed by atoms with Crippen molar-refractivity contribution in [2.75, 3.05) is 18.4 Å². The molecule has 0 aliphatic carbocycles. The lowest BCUT2D eigenvalue weighted by molar-refractivity contribution is -0.127. The van der Waals surface area contributed by atoms with Crippen molar-refractivity contribution in [2.24, 2.45) is 11.8 Å². The number of hydrogen-bond donors (Lipinski definition) is 3. The molecule has 1 aliphatic heterocycles. The summed E-state index contributed by atoms with van der Waals surface area (Å²) in [5.74, 6) is -0.641. The van der Waals surface area contributed by atoms with Crippen LogP contribution in [-0.4, -0.2) is 34.9 Å². The number of aromatic nitrogens is 2. The van der Waals surface area contributed by atoms with Gasteiger partial charge in [-0.25, -0.2) is 0 Å². The average molecular weight is 353 g/mol. The Morgan fingerprint density at radius 3 is 2.62 bits per heavy atom. The zero-order chi connectivity index (χ0) is 18.4. The van der Waals surface area contributed by atoms with Crippen LogP contribution in [0.15, 0.2) is 42.7 Å². The number of rotatable bonds is 5. The fourth-order valence-electron chi connectivity index (χ4n) is 2.95. The molecule has 0 spiro atoms. The normalized spacial score (nSPS) is 19.6. The van der Waals surface area contributed by atoms with E-state index >= 15 is 0 Å². The van der Waals surface area contributed by atoms with Gasteiger partial charge in [0.15, 0.2) is 0 Å². The molecule has 0 aromatic carbocycles. The van der Waals surface area contributed by atoms with Crippen LogP contribution in [0.5, 0.6) is 0 Å². The van der Waals surface area contributed by atoms with Crippen LogP contribution in [0.1, 0.15) is 17.8 Å². The first kappa shape index (κ1) is 18.0. The average Bonchev–Trinajstić information content (AvgIpc) is 2.69. The fraction of sp³-hybridized carbons (Fsp3) is 0.368. The second-order valence-electron chi connectivity index (χ2n) is 6.50. The number of piperidine rings is 1. The van der Waals surface area contributed by atoms with Crippen LogP contribution in [0.4, 0.5) is 5.69 Å². The molecule has 3 rings (SSSR count). The maximum absolute atomic E-state index is 12.5. The molecule has 1 fully saturated rings. The summed E-state index contributed by atoms with van der Waals surface area (Å²) in [6, 6.07) is 9.27. The molecule has 136 valence electrons. The molecular formula is C19H23N5O2. The molecule has 2 aromatic heterocycles. The minimum absolute atomic E-state index is 0.0577. The first-order valence-electron chi connectivity index (χ1n) is 8.73. The van der Waals surface area contributed by atoms with Crippen LogP contribution >= 0.6 is 0 Å². The summed E-state index contributed by atoms with van der Waals surface area (Å²) in [7, 11) is 0. The number of nitrogens with one attached hydrogen (secondary N) is 3. The van der Waals surface area contributed by atoms with Crippen molar-refractivity contribution in [3.05, 3.63) is 54.1 Å². The van der Waals surface area contributed by atoms with Gasteiger partial charge in [-0.05, 0) is 37.6 Å². The first-order chi connectivity index (χ1) is 12.6. The summed E-state index contributed by atoms with van der Waals surface area (Å²) in [4.78, 5) is 33.3. The van der Waals surface area contributed by atoms with E-state index in [1.807, 2.05) is 37.3 Å². The molecule has 7 nitrogen and oxygen atoms in total. The van der Waals surface area contributed by atoms with Crippen LogP contribution in [0, 0.1) is 18.8 Å². The lowest BCUT2D eigenvalue weighted by Gasteiger charge is -2.28. The molecule has 3 heterocycles. The molecule has 7 heteroatoms. The Hall–Kier alpha value is -2.80. The van der Waals surface area contributed by atoms with Crippen LogP contribution in [0.3, 0.4) is 0 Å². The van der Waals surface area contributed by atoms with Crippen molar-refractivity contribution in [1.29, 1.82) is 0 Å². The first-order valence-corrected chi connectivity index (χ1v) is 8.73. The Morgan fingerprint density at radius 1 is 1.12 bits per heavy atom. The molecule has 26 heavy (non-hydrogen) atoms. The third-order valence-corrected chi connectivity index (χ3v) is 4.44. The minimum Gasteiger partial charge on any atom is -0.350 e. The van der Waals surface area contributed by atoms with E-state index in [-0.39, 0.29) is 23.7 Å². The topological polar surface area (TPSA) is 96.0 Å². The summed E-state index contributed by atoms with van der Waals surface area (Å²) in [6.45, 7) is 3.42. The van der Waals surface area contributed by atoms with Crippen LogP contribution in [0.2, 0.25) is 0 Å². The van der Waals surface area contributed by atoms with E-state index in [1.54, 1.807) is 12.4 Å². The van der Waals surface area contributed by atoms with Crippen molar-refractivity contribution in [1.82, 2.24) is 20.6 Å². The Kier molecular flexibility index (Phi) is 5.91. The fourth-order valence-corrected chi connectivity index (χ4v) is 2.95. The number of anilines is 1. The zero-order valence-corrected chi connectivity index (χ0v) is 14.7. The number of pyridine rings is 2. The third kappa shape index (κ3) is 4.86. The number of aryl methyl sites for hydroxylation is 1. The number of amides is 2. The van der Waals surface area contributed by atoms with Gasteiger partial charge < -0.3 is 16.0 Å². The van der Waals surface area contributed by atoms with Crippen molar-refractivity contribution in [3.63, 3.8) is 0 Å². The molecule has 2 amide bonds. The predicted octanol–water partition coefficient (Wildman–Crippen LogP) is 1.27. The second kappa shape index (κ2) is 8.53. The summed E-state index contributed by atoms with van der Waals surface area (Å²) >= 11 is 0. The van der Waals surface area contributed by atoms with Gasteiger partial charge in [0.1, 0.15) is 0 Å². The Bertz CT molecular complexity index is 748. The SMILES string of the molecule is Cc1ccc(NC(=O)[C@@H]2CNC[C@H](C(=O)NCc3ccccn3)C2)cn1. The van der Waals surface area contributed by atoms with Gasteiger partial charge >= 0.3 is 0 Å². The Labute approximate surface area is 152 Å². The Balaban J connectivity index is 1.52. The van der Waals surface area contributed by atoms with E-state index in [2.05, 4.69) is 25.9 Å². The van der Waals surface area contributed by atoms with E-state index in [0.717, 1.165) is 11.4 Å². The van der Waals surface area contributed by atoms with Gasteiger partial charge in [-0.1, -0.05) is 6.07 Å². The third-order valence-electron chi connectivity index (χ3n) is 4.44. The van der Waals surface area contributed by atoms with E-state index in [0.29, 0.717) is 31.7 Å². The monoisotopic (exact) mass is 353 g/mol. The maximum atomic E-state index is 12.5. The smallest absolute Gasteiger partial charge is 0.228 e. The Morgan fingerprint density at radius 2 is 1.92 bits per heavy atom. The molecule has 1 aliphatic rings. The standard InChI is InChI=1S/C19H23N5O2/c1-13-5-6-17(12-22-13)24-19(26)15-8-14(9-20-10-15)18(25)23-11-16-4-2-3-7-21-16/h2-7,12,14-15,20H,8-11H2,1H3,(H,23,25)(H,24,26)/t14-,15+/m1/s1. The van der Waals surface area contributed by atoms with E-state index < -0.39 is 0 Å². The number of carbonyl (C=O) groups excluding carboxylic acids is 2. The second-order valence-corrected chi connectivity index (χ2v) is 6.50. The van der Waals surface area contributed by atoms with Crippen LogP contribution in [-0.2, 0) is 16.1 Å². The van der Waals surface area contributed by atoms with Crippen molar-refractivity contribution in [2.45, 2.75) is 19.9 Å². The summed E-state index contributed by atoms with van der Waals surface area (Å²) in [6.07, 6.45) is 3.86. The van der Waals surface area contributed by atoms with Crippen molar-refractivity contribution >= 4 is 17.5 Å². The quantitative estimate of drug-likeness (QED) is 0.752. The van der Waals surface area contributed by atoms with Crippen LogP contribution in [0.25, 0.3) is 0 Å². The summed E-state index contributed by atoms with van der Waals surface area (Å²) in [5, 5.41) is 8.96. The number of carbonyl (C=O) groups is 2. The molecule has 3 N–H and O–H groups in total. The molecule has 0 radical (unpaired) electrons. The molecule has 2 aromatic rings. The van der Waals surface area contributed by atoms with Gasteiger partial charge in [-0.2, -0.15) is 0 Å². The minimum atomic E-state index is -0.254. The number of nitrogens with zero attached hydrogens (tertiary/aromatic N) is 2. The largest absolute Gasteiger partial charge is 0.350 e. The van der Waals surface area contributed by atoms with E-state index in [9.17, 15) is 9.59 Å². The van der Waals surface area contributed by atoms with Gasteiger partial charge in [-0.15, -0.1) is 0 Å². The molecule has 0 bridgehead atoms. The zero-order valence-electron chi connectivity index (χ0n) is 14.7. The van der Waals surface area contributed by atoms with Gasteiger partial charge in [-0.3, -0.25) is 19.6 Å². The van der Waals surface area contributed by atoms with Crippen molar-refractivity contribution in [3.8, 4) is 0 Å². The van der Waals surface area contributed by atoms with Gasteiger partial charge in [0.05, 0.1) is 36.0 Å². The molecule has 0 unspecified atom stereocenters. The summed E-state index contributed by atoms with van der Waals surface area (Å²) in [5.41, 5.74) is 2.38. The summed E-state index contributed by atoms with van der Waals surface area (Å²) < 4.78 is 0. The molecular weight excluding hydrogens is 330 g/mol. The molecule has 1 saturated heterocycles. The molecule has 0 saturated carbocycles. The lowest BCUT2D eigenvalue weighted by atomic mass is 9.89. The van der Waals surface area contributed by atoms with Gasteiger partial charge in [0, 0.05) is 25.0 Å². The predicted molar refractivity (Wildman–Crippen MR) is 98.2 cm³/mol. The lowest BCUT2D eigenvalue weighted by Crippen LogP contribution is -2.47. The number of hydrogen-bond acceptors (Lipinski definition) is 5. The highest BCUT2D eigenvalue weighted by Gasteiger charge is 2.31. The highest BCUT2D eigenvalue weighted by molar-refractivity contribution is 5.93. The van der Waals surface area contributed by atoms with E-state index in [4.69, 9.17) is 0 Å². The van der Waals surface area contributed by atoms with Crippen LogP contribution < -0.4 is 16.0 Å². The highest BCUT2D eigenvalue weighted by atomic mass is 16.2.